The molecule has 134 valence electrons. The number of carbonyl (C=O) groups excluding carboxylic acids is 1. The Morgan fingerprint density at radius 2 is 1.81 bits per heavy atom. The van der Waals surface area contributed by atoms with Crippen molar-refractivity contribution in [2.45, 2.75) is 12.8 Å². The van der Waals surface area contributed by atoms with E-state index in [2.05, 4.69) is 45.5 Å². The molecule has 0 aliphatic carbocycles. The Morgan fingerprint density at radius 3 is 2.54 bits per heavy atom. The molecule has 1 heterocycles. The molecule has 0 aromatic heterocycles. The number of nitriles is 1. The van der Waals surface area contributed by atoms with Crippen molar-refractivity contribution in [1.82, 2.24) is 4.90 Å². The lowest BCUT2D eigenvalue weighted by Gasteiger charge is -2.36. The zero-order valence-corrected chi connectivity index (χ0v) is 14.9. The lowest BCUT2D eigenvalue weighted by molar-refractivity contribution is -0.116. The van der Waals surface area contributed by atoms with Crippen LogP contribution < -0.4 is 10.2 Å². The largest absolute Gasteiger partial charge is 0.369 e. The van der Waals surface area contributed by atoms with E-state index in [1.165, 1.54) is 5.69 Å². The summed E-state index contributed by atoms with van der Waals surface area (Å²) in [6.07, 6.45) is 1.34. The molecule has 1 amide bonds. The predicted molar refractivity (Wildman–Crippen MR) is 104 cm³/mol. The zero-order valence-electron chi connectivity index (χ0n) is 14.9. The molecular weight excluding hydrogens is 324 g/mol. The minimum atomic E-state index is 0.00279. The molecule has 0 saturated carbocycles. The first-order valence-electron chi connectivity index (χ1n) is 9.07. The van der Waals surface area contributed by atoms with Gasteiger partial charge in [-0.25, -0.2) is 0 Å². The van der Waals surface area contributed by atoms with Gasteiger partial charge in [0, 0.05) is 44.0 Å². The van der Waals surface area contributed by atoms with Gasteiger partial charge < -0.3 is 10.2 Å². The lowest BCUT2D eigenvalue weighted by Crippen LogP contribution is -2.46. The van der Waals surface area contributed by atoms with Crippen molar-refractivity contribution < 1.29 is 4.79 Å². The van der Waals surface area contributed by atoms with Gasteiger partial charge in [-0.3, -0.25) is 9.69 Å². The summed E-state index contributed by atoms with van der Waals surface area (Å²) in [6.45, 7) is 5.05. The van der Waals surface area contributed by atoms with Crippen molar-refractivity contribution in [2.75, 3.05) is 42.9 Å². The highest BCUT2D eigenvalue weighted by atomic mass is 16.1. The Labute approximate surface area is 154 Å². The van der Waals surface area contributed by atoms with E-state index in [-0.39, 0.29) is 5.91 Å². The molecule has 3 rings (SSSR count). The Bertz CT molecular complexity index is 761. The summed E-state index contributed by atoms with van der Waals surface area (Å²) >= 11 is 0. The van der Waals surface area contributed by atoms with Crippen molar-refractivity contribution in [1.29, 1.82) is 5.26 Å². The minimum Gasteiger partial charge on any atom is -0.369 e. The molecule has 5 heteroatoms. The summed E-state index contributed by atoms with van der Waals surface area (Å²) < 4.78 is 0. The van der Waals surface area contributed by atoms with Gasteiger partial charge in [-0.2, -0.15) is 5.26 Å². The lowest BCUT2D eigenvalue weighted by atomic mass is 10.2. The third-order valence-corrected chi connectivity index (χ3v) is 4.65. The number of nitrogens with one attached hydrogen (secondary N) is 1. The van der Waals surface area contributed by atoms with E-state index in [1.807, 2.05) is 12.1 Å². The smallest absolute Gasteiger partial charge is 0.224 e. The first-order valence-corrected chi connectivity index (χ1v) is 9.07. The maximum atomic E-state index is 12.1. The van der Waals surface area contributed by atoms with Crippen molar-refractivity contribution in [2.24, 2.45) is 0 Å². The molecule has 0 unspecified atom stereocenters. The van der Waals surface area contributed by atoms with Crippen LogP contribution >= 0.6 is 0 Å². The molecule has 1 N–H and O–H groups in total. The average molecular weight is 348 g/mol. The van der Waals surface area contributed by atoms with Gasteiger partial charge in [-0.1, -0.05) is 24.3 Å². The monoisotopic (exact) mass is 348 g/mol. The van der Waals surface area contributed by atoms with Crippen molar-refractivity contribution in [3.63, 3.8) is 0 Å². The fourth-order valence-electron chi connectivity index (χ4n) is 3.22. The van der Waals surface area contributed by atoms with Crippen LogP contribution in [0.1, 0.15) is 18.4 Å². The van der Waals surface area contributed by atoms with Gasteiger partial charge in [-0.15, -0.1) is 0 Å². The number of rotatable bonds is 6. The summed E-state index contributed by atoms with van der Waals surface area (Å²) in [5.41, 5.74) is 2.52. The summed E-state index contributed by atoms with van der Waals surface area (Å²) in [6, 6.07) is 19.6. The zero-order chi connectivity index (χ0) is 18.2. The van der Waals surface area contributed by atoms with Crippen LogP contribution in [0.5, 0.6) is 0 Å². The van der Waals surface area contributed by atoms with Crippen LogP contribution in [0.3, 0.4) is 0 Å². The van der Waals surface area contributed by atoms with Crippen LogP contribution in [-0.2, 0) is 4.79 Å². The standard InChI is InChI=1S/C21H24N4O/c22-17-18-6-4-7-19(16-18)23-21(26)10-5-11-24-12-14-25(15-13-24)20-8-2-1-3-9-20/h1-4,6-9,16H,5,10-15H2,(H,23,26). The van der Waals surface area contributed by atoms with E-state index in [9.17, 15) is 4.79 Å². The highest BCUT2D eigenvalue weighted by molar-refractivity contribution is 5.90. The SMILES string of the molecule is N#Cc1cccc(NC(=O)CCCN2CCN(c3ccccc3)CC2)c1. The third-order valence-electron chi connectivity index (χ3n) is 4.65. The number of carbonyl (C=O) groups is 1. The van der Waals surface area contributed by atoms with Crippen LogP contribution in [0.15, 0.2) is 54.6 Å². The number of nitrogens with zero attached hydrogens (tertiary/aromatic N) is 3. The number of anilines is 2. The fourth-order valence-corrected chi connectivity index (χ4v) is 3.22. The van der Waals surface area contributed by atoms with Crippen LogP contribution in [0, 0.1) is 11.3 Å². The number of hydrogen-bond acceptors (Lipinski definition) is 4. The number of para-hydroxylation sites is 1. The Kier molecular flexibility index (Phi) is 6.24. The molecule has 0 bridgehead atoms. The van der Waals surface area contributed by atoms with Crippen LogP contribution in [0.4, 0.5) is 11.4 Å². The van der Waals surface area contributed by atoms with Crippen molar-refractivity contribution in [3.05, 3.63) is 60.2 Å². The topological polar surface area (TPSA) is 59.4 Å². The van der Waals surface area contributed by atoms with Gasteiger partial charge in [0.1, 0.15) is 0 Å². The Balaban J connectivity index is 1.36. The highest BCUT2D eigenvalue weighted by Crippen LogP contribution is 2.16. The van der Waals surface area contributed by atoms with Crippen molar-refractivity contribution in [3.8, 4) is 6.07 Å². The van der Waals surface area contributed by atoms with Gasteiger partial charge in [0.05, 0.1) is 11.6 Å². The third kappa shape index (κ3) is 5.08. The molecular formula is C21H24N4O. The fraction of sp³-hybridized carbons (Fsp3) is 0.333. The first kappa shape index (κ1) is 18.0. The Morgan fingerprint density at radius 1 is 1.04 bits per heavy atom. The van der Waals surface area contributed by atoms with E-state index >= 15 is 0 Å². The summed E-state index contributed by atoms with van der Waals surface area (Å²) in [4.78, 5) is 16.9. The summed E-state index contributed by atoms with van der Waals surface area (Å²) in [5.74, 6) is 0.00279. The Hall–Kier alpha value is -2.84. The van der Waals surface area contributed by atoms with Gasteiger partial charge in [-0.05, 0) is 43.3 Å². The second-order valence-electron chi connectivity index (χ2n) is 6.51. The average Bonchev–Trinajstić information content (AvgIpc) is 2.69. The van der Waals surface area contributed by atoms with Gasteiger partial charge in [0.25, 0.3) is 0 Å². The second kappa shape index (κ2) is 9.02. The van der Waals surface area contributed by atoms with Gasteiger partial charge in [0.15, 0.2) is 0 Å². The predicted octanol–water partition coefficient (Wildman–Crippen LogP) is 3.10. The molecule has 2 aromatic rings. The number of piperazine rings is 1. The molecule has 0 atom stereocenters. The first-order chi connectivity index (χ1) is 12.7. The molecule has 0 radical (unpaired) electrons. The van der Waals surface area contributed by atoms with Crippen LogP contribution in [-0.4, -0.2) is 43.5 Å². The number of benzene rings is 2. The summed E-state index contributed by atoms with van der Waals surface area (Å²) in [7, 11) is 0. The maximum absolute atomic E-state index is 12.1. The van der Waals surface area contributed by atoms with Gasteiger partial charge in [0.2, 0.25) is 5.91 Å². The van der Waals surface area contributed by atoms with E-state index in [0.29, 0.717) is 17.7 Å². The number of amides is 1. The summed E-state index contributed by atoms with van der Waals surface area (Å²) in [5, 5.41) is 11.8. The molecule has 1 aliphatic heterocycles. The number of hydrogen-bond donors (Lipinski definition) is 1. The van der Waals surface area contributed by atoms with E-state index in [4.69, 9.17) is 5.26 Å². The molecule has 0 spiro atoms. The molecule has 1 fully saturated rings. The van der Waals surface area contributed by atoms with Crippen LogP contribution in [0.2, 0.25) is 0 Å². The normalized spacial score (nSPS) is 14.7. The molecule has 5 nitrogen and oxygen atoms in total. The van der Waals surface area contributed by atoms with Crippen molar-refractivity contribution >= 4 is 17.3 Å². The van der Waals surface area contributed by atoms with E-state index < -0.39 is 0 Å². The van der Waals surface area contributed by atoms with E-state index in [1.54, 1.807) is 18.2 Å². The highest BCUT2D eigenvalue weighted by Gasteiger charge is 2.16. The maximum Gasteiger partial charge on any atom is 0.224 e. The quantitative estimate of drug-likeness (QED) is 0.871. The molecule has 26 heavy (non-hydrogen) atoms. The minimum absolute atomic E-state index is 0.00279. The molecule has 1 saturated heterocycles. The molecule has 1 aliphatic rings. The van der Waals surface area contributed by atoms with E-state index in [0.717, 1.165) is 39.1 Å². The van der Waals surface area contributed by atoms with Crippen LogP contribution in [0.25, 0.3) is 0 Å². The second-order valence-corrected chi connectivity index (χ2v) is 6.51. The van der Waals surface area contributed by atoms with Gasteiger partial charge >= 0.3 is 0 Å². The molecule has 2 aromatic carbocycles.